The number of methoxy groups -OCH3 is 1. The van der Waals surface area contributed by atoms with Gasteiger partial charge in [-0.25, -0.2) is 0 Å². The van der Waals surface area contributed by atoms with Crippen molar-refractivity contribution in [2.24, 2.45) is 5.73 Å². The first kappa shape index (κ1) is 18.9. The standard InChI is InChI=1S/C18H19N3O5/c1-24-16-10-13(5-6-15(16)26-12-17(20)22)18(23)21(8-3-7-19)11-14-4-2-9-25-14/h2,4-6,9-10H,3,8,11-12H2,1H3,(H2,20,22). The van der Waals surface area contributed by atoms with Gasteiger partial charge in [0.15, 0.2) is 18.1 Å². The van der Waals surface area contributed by atoms with Gasteiger partial charge in [-0.15, -0.1) is 0 Å². The van der Waals surface area contributed by atoms with Crippen LogP contribution < -0.4 is 15.2 Å². The molecule has 2 aromatic rings. The lowest BCUT2D eigenvalue weighted by atomic mass is 10.1. The first-order chi connectivity index (χ1) is 12.5. The Hall–Kier alpha value is -3.47. The maximum Gasteiger partial charge on any atom is 0.255 e. The first-order valence-corrected chi connectivity index (χ1v) is 7.83. The van der Waals surface area contributed by atoms with Crippen LogP contribution in [0.15, 0.2) is 41.0 Å². The molecule has 0 bridgehead atoms. The van der Waals surface area contributed by atoms with Crippen LogP contribution in [0, 0.1) is 11.3 Å². The Bertz CT molecular complexity index is 796. The lowest BCUT2D eigenvalue weighted by molar-refractivity contribution is -0.119. The Morgan fingerprint density at radius 1 is 1.31 bits per heavy atom. The van der Waals surface area contributed by atoms with Crippen LogP contribution in [0.1, 0.15) is 22.5 Å². The van der Waals surface area contributed by atoms with Crippen molar-refractivity contribution in [3.8, 4) is 17.6 Å². The Morgan fingerprint density at radius 2 is 2.12 bits per heavy atom. The molecule has 0 fully saturated rings. The summed E-state index contributed by atoms with van der Waals surface area (Å²) in [5.74, 6) is 0.321. The molecule has 2 rings (SSSR count). The third-order valence-corrected chi connectivity index (χ3v) is 3.49. The van der Waals surface area contributed by atoms with Gasteiger partial charge in [-0.2, -0.15) is 5.26 Å². The summed E-state index contributed by atoms with van der Waals surface area (Å²) in [6, 6.07) is 10.1. The molecule has 0 radical (unpaired) electrons. The van der Waals surface area contributed by atoms with E-state index in [4.69, 9.17) is 24.9 Å². The molecule has 1 heterocycles. The van der Waals surface area contributed by atoms with Crippen molar-refractivity contribution in [3.63, 3.8) is 0 Å². The number of nitrogens with two attached hydrogens (primary N) is 1. The van der Waals surface area contributed by atoms with Crippen molar-refractivity contribution >= 4 is 11.8 Å². The van der Waals surface area contributed by atoms with Crippen molar-refractivity contribution in [1.29, 1.82) is 5.26 Å². The highest BCUT2D eigenvalue weighted by Gasteiger charge is 2.19. The molecule has 0 atom stereocenters. The zero-order valence-corrected chi connectivity index (χ0v) is 14.3. The van der Waals surface area contributed by atoms with E-state index in [1.807, 2.05) is 6.07 Å². The average molecular weight is 357 g/mol. The molecule has 26 heavy (non-hydrogen) atoms. The second-order valence-electron chi connectivity index (χ2n) is 5.33. The summed E-state index contributed by atoms with van der Waals surface area (Å²) < 4.78 is 15.8. The van der Waals surface area contributed by atoms with Crippen molar-refractivity contribution in [2.75, 3.05) is 20.3 Å². The van der Waals surface area contributed by atoms with E-state index in [-0.39, 0.29) is 32.0 Å². The summed E-state index contributed by atoms with van der Waals surface area (Å²) in [5, 5.41) is 8.83. The second kappa shape index (κ2) is 9.13. The summed E-state index contributed by atoms with van der Waals surface area (Å²) in [4.78, 5) is 25.2. The van der Waals surface area contributed by atoms with Gasteiger partial charge < -0.3 is 24.5 Å². The summed E-state index contributed by atoms with van der Waals surface area (Å²) >= 11 is 0. The predicted molar refractivity (Wildman–Crippen MR) is 91.4 cm³/mol. The zero-order chi connectivity index (χ0) is 18.9. The van der Waals surface area contributed by atoms with Gasteiger partial charge >= 0.3 is 0 Å². The average Bonchev–Trinajstić information content (AvgIpc) is 3.15. The molecule has 1 aromatic heterocycles. The van der Waals surface area contributed by atoms with Crippen LogP contribution in [0.5, 0.6) is 11.5 Å². The van der Waals surface area contributed by atoms with Gasteiger partial charge in [0, 0.05) is 12.1 Å². The molecule has 2 amide bonds. The number of furan rings is 1. The van der Waals surface area contributed by atoms with Crippen LogP contribution in [-0.2, 0) is 11.3 Å². The van der Waals surface area contributed by atoms with E-state index >= 15 is 0 Å². The number of amides is 2. The first-order valence-electron chi connectivity index (χ1n) is 7.83. The van der Waals surface area contributed by atoms with Gasteiger partial charge in [-0.1, -0.05) is 0 Å². The molecule has 1 aromatic carbocycles. The number of primary amides is 1. The fourth-order valence-electron chi connectivity index (χ4n) is 2.28. The van der Waals surface area contributed by atoms with Crippen LogP contribution in [0.2, 0.25) is 0 Å². The molecule has 0 aliphatic heterocycles. The fraction of sp³-hybridized carbons (Fsp3) is 0.278. The Labute approximate surface area is 150 Å². The number of hydrogen-bond donors (Lipinski definition) is 1. The molecule has 0 spiro atoms. The number of hydrogen-bond acceptors (Lipinski definition) is 6. The fourth-order valence-corrected chi connectivity index (χ4v) is 2.28. The molecule has 0 saturated heterocycles. The number of nitriles is 1. The topological polar surface area (TPSA) is 119 Å². The molecule has 0 aliphatic rings. The lowest BCUT2D eigenvalue weighted by Crippen LogP contribution is -2.31. The molecule has 8 nitrogen and oxygen atoms in total. The van der Waals surface area contributed by atoms with Gasteiger partial charge in [0.25, 0.3) is 11.8 Å². The van der Waals surface area contributed by atoms with Crippen LogP contribution >= 0.6 is 0 Å². The minimum absolute atomic E-state index is 0.198. The van der Waals surface area contributed by atoms with E-state index in [1.54, 1.807) is 18.2 Å². The van der Waals surface area contributed by atoms with Crippen molar-refractivity contribution in [1.82, 2.24) is 4.90 Å². The molecular weight excluding hydrogens is 338 g/mol. The van der Waals surface area contributed by atoms with Gasteiger partial charge in [-0.05, 0) is 30.3 Å². The van der Waals surface area contributed by atoms with Crippen LogP contribution in [0.4, 0.5) is 0 Å². The largest absolute Gasteiger partial charge is 0.493 e. The Kier molecular flexibility index (Phi) is 6.62. The minimum atomic E-state index is -0.617. The summed E-state index contributed by atoms with van der Waals surface area (Å²) in [5.41, 5.74) is 5.42. The Morgan fingerprint density at radius 3 is 2.73 bits per heavy atom. The van der Waals surface area contributed by atoms with Gasteiger partial charge in [0.2, 0.25) is 0 Å². The number of carbonyl (C=O) groups is 2. The highest BCUT2D eigenvalue weighted by Crippen LogP contribution is 2.28. The van der Waals surface area contributed by atoms with E-state index < -0.39 is 5.91 Å². The number of ether oxygens (including phenoxy) is 2. The third kappa shape index (κ3) is 5.01. The number of benzene rings is 1. The highest BCUT2D eigenvalue weighted by molar-refractivity contribution is 5.95. The van der Waals surface area contributed by atoms with Gasteiger partial charge in [0.05, 0.1) is 32.4 Å². The second-order valence-corrected chi connectivity index (χ2v) is 5.33. The van der Waals surface area contributed by atoms with Crippen molar-refractivity contribution < 1.29 is 23.5 Å². The van der Waals surface area contributed by atoms with Crippen molar-refractivity contribution in [3.05, 3.63) is 47.9 Å². The minimum Gasteiger partial charge on any atom is -0.493 e. The zero-order valence-electron chi connectivity index (χ0n) is 14.3. The summed E-state index contributed by atoms with van der Waals surface area (Å²) in [7, 11) is 1.43. The quantitative estimate of drug-likeness (QED) is 0.730. The number of nitrogens with zero attached hydrogens (tertiary/aromatic N) is 2. The van der Waals surface area contributed by atoms with E-state index in [0.29, 0.717) is 22.8 Å². The van der Waals surface area contributed by atoms with Crippen LogP contribution in [0.25, 0.3) is 0 Å². The van der Waals surface area contributed by atoms with Crippen LogP contribution in [0.3, 0.4) is 0 Å². The van der Waals surface area contributed by atoms with Gasteiger partial charge in [-0.3, -0.25) is 9.59 Å². The SMILES string of the molecule is COc1cc(C(=O)N(CCC#N)Cc2ccco2)ccc1OCC(N)=O. The smallest absolute Gasteiger partial charge is 0.255 e. The lowest BCUT2D eigenvalue weighted by Gasteiger charge is -2.21. The van der Waals surface area contributed by atoms with E-state index in [9.17, 15) is 9.59 Å². The van der Waals surface area contributed by atoms with Crippen molar-refractivity contribution in [2.45, 2.75) is 13.0 Å². The monoisotopic (exact) mass is 357 g/mol. The molecule has 0 saturated carbocycles. The molecule has 2 N–H and O–H groups in total. The molecule has 8 heteroatoms. The normalized spacial score (nSPS) is 10.0. The third-order valence-electron chi connectivity index (χ3n) is 3.49. The molecule has 0 unspecified atom stereocenters. The maximum atomic E-state index is 12.8. The molecule has 136 valence electrons. The molecule has 0 aliphatic carbocycles. The highest BCUT2D eigenvalue weighted by atomic mass is 16.5. The number of rotatable bonds is 9. The Balaban J connectivity index is 2.21. The van der Waals surface area contributed by atoms with E-state index in [0.717, 1.165) is 0 Å². The summed E-state index contributed by atoms with van der Waals surface area (Å²) in [6.07, 6.45) is 1.72. The van der Waals surface area contributed by atoms with E-state index in [2.05, 4.69) is 0 Å². The summed E-state index contributed by atoms with van der Waals surface area (Å²) in [6.45, 7) is 0.213. The number of carbonyl (C=O) groups excluding carboxylic acids is 2. The van der Waals surface area contributed by atoms with Crippen LogP contribution in [-0.4, -0.2) is 37.0 Å². The van der Waals surface area contributed by atoms with Gasteiger partial charge in [0.1, 0.15) is 5.76 Å². The van der Waals surface area contributed by atoms with E-state index in [1.165, 1.54) is 30.4 Å². The maximum absolute atomic E-state index is 12.8. The molecular formula is C18H19N3O5. The predicted octanol–water partition coefficient (Wildman–Crippen LogP) is 1.71.